The van der Waals surface area contributed by atoms with E-state index in [1.807, 2.05) is 4.68 Å². The largest absolute Gasteiger partial charge is 0.325 e. The zero-order valence-corrected chi connectivity index (χ0v) is 8.66. The van der Waals surface area contributed by atoms with E-state index in [9.17, 15) is 0 Å². The summed E-state index contributed by atoms with van der Waals surface area (Å²) in [7, 11) is 0. The molecule has 1 heterocycles. The van der Waals surface area contributed by atoms with Gasteiger partial charge in [-0.25, -0.2) is 0 Å². The van der Waals surface area contributed by atoms with Gasteiger partial charge in [0.05, 0.1) is 12.2 Å². The van der Waals surface area contributed by atoms with Gasteiger partial charge < -0.3 is 5.73 Å². The zero-order chi connectivity index (χ0) is 9.97. The van der Waals surface area contributed by atoms with Gasteiger partial charge in [-0.1, -0.05) is 11.6 Å². The minimum Gasteiger partial charge on any atom is -0.325 e. The molecule has 1 aliphatic rings. The lowest BCUT2D eigenvalue weighted by atomic mass is 10.2. The van der Waals surface area contributed by atoms with Crippen LogP contribution in [0.5, 0.6) is 0 Å². The number of nitrogens with two attached hydrogens (primary N) is 1. The summed E-state index contributed by atoms with van der Waals surface area (Å²) >= 11 is 0. The molecule has 76 valence electrons. The molecule has 3 nitrogen and oxygen atoms in total. The Morgan fingerprint density at radius 3 is 3.00 bits per heavy atom. The summed E-state index contributed by atoms with van der Waals surface area (Å²) in [6, 6.07) is 0. The maximum atomic E-state index is 5.58. The zero-order valence-electron chi connectivity index (χ0n) is 8.66. The number of hydrogen-bond acceptors (Lipinski definition) is 2. The third-order valence-corrected chi connectivity index (χ3v) is 2.74. The minimum atomic E-state index is 0.540. The summed E-state index contributed by atoms with van der Waals surface area (Å²) < 4.78 is 2.01. The molecule has 2 N–H and O–H groups in total. The number of allylic oxidation sites excluding steroid dienone is 2. The third-order valence-electron chi connectivity index (χ3n) is 2.74. The first-order valence-corrected chi connectivity index (χ1v) is 5.20. The molecule has 1 aromatic heterocycles. The fourth-order valence-electron chi connectivity index (χ4n) is 1.93. The fraction of sp³-hybridized carbons (Fsp3) is 0.545. The van der Waals surface area contributed by atoms with Crippen LogP contribution in [0.1, 0.15) is 30.5 Å². The van der Waals surface area contributed by atoms with Crippen LogP contribution in [0.15, 0.2) is 17.8 Å². The molecule has 0 saturated carbocycles. The van der Waals surface area contributed by atoms with Crippen molar-refractivity contribution in [1.82, 2.24) is 9.78 Å². The van der Waals surface area contributed by atoms with Crippen LogP contribution < -0.4 is 5.73 Å². The van der Waals surface area contributed by atoms with Crippen LogP contribution in [0.3, 0.4) is 0 Å². The third kappa shape index (κ3) is 1.87. The van der Waals surface area contributed by atoms with Gasteiger partial charge in [0.1, 0.15) is 0 Å². The first kappa shape index (κ1) is 9.46. The van der Waals surface area contributed by atoms with Crippen LogP contribution in [0.25, 0.3) is 0 Å². The van der Waals surface area contributed by atoms with Crippen LogP contribution in [0.2, 0.25) is 0 Å². The molecule has 0 radical (unpaired) electrons. The number of aromatic nitrogens is 2. The summed E-state index contributed by atoms with van der Waals surface area (Å²) in [5, 5.41) is 4.44. The predicted octanol–water partition coefficient (Wildman–Crippen LogP) is 1.76. The Labute approximate surface area is 84.6 Å². The summed E-state index contributed by atoms with van der Waals surface area (Å²) in [5.74, 6) is 0. The van der Waals surface area contributed by atoms with Crippen molar-refractivity contribution in [3.63, 3.8) is 0 Å². The normalized spacial score (nSPS) is 16.0. The van der Waals surface area contributed by atoms with E-state index in [-0.39, 0.29) is 0 Å². The van der Waals surface area contributed by atoms with E-state index in [2.05, 4.69) is 24.3 Å². The molecule has 2 rings (SSSR count). The highest BCUT2D eigenvalue weighted by Crippen LogP contribution is 2.19. The molecule has 1 aliphatic carbocycles. The highest BCUT2D eigenvalue weighted by molar-refractivity contribution is 5.16. The van der Waals surface area contributed by atoms with Crippen molar-refractivity contribution in [2.45, 2.75) is 39.3 Å². The maximum absolute atomic E-state index is 5.58. The van der Waals surface area contributed by atoms with Crippen molar-refractivity contribution < 1.29 is 0 Å². The lowest BCUT2D eigenvalue weighted by molar-refractivity contribution is 0.650. The average molecular weight is 191 g/mol. The molecule has 0 bridgehead atoms. The Bertz CT molecular complexity index is 349. The number of nitrogens with zero attached hydrogens (tertiary/aromatic N) is 2. The van der Waals surface area contributed by atoms with Gasteiger partial charge in [-0.3, -0.25) is 4.68 Å². The van der Waals surface area contributed by atoms with E-state index in [1.54, 1.807) is 0 Å². The highest BCUT2D eigenvalue weighted by atomic mass is 15.3. The average Bonchev–Trinajstić information content (AvgIpc) is 2.76. The van der Waals surface area contributed by atoms with Crippen molar-refractivity contribution in [1.29, 1.82) is 0 Å². The van der Waals surface area contributed by atoms with Crippen LogP contribution in [0, 0.1) is 6.92 Å². The van der Waals surface area contributed by atoms with Crippen molar-refractivity contribution in [3.05, 3.63) is 29.1 Å². The second-order valence-electron chi connectivity index (χ2n) is 3.92. The summed E-state index contributed by atoms with van der Waals surface area (Å²) in [4.78, 5) is 0. The van der Waals surface area contributed by atoms with E-state index >= 15 is 0 Å². The standard InChI is InChI=1S/C11H17N3/c1-9-7-14(13-11(9)6-12)8-10-4-2-3-5-10/h4,7H,2-3,5-6,8,12H2,1H3. The lowest BCUT2D eigenvalue weighted by Gasteiger charge is -2.01. The van der Waals surface area contributed by atoms with E-state index in [0.717, 1.165) is 12.2 Å². The number of hydrogen-bond donors (Lipinski definition) is 1. The van der Waals surface area contributed by atoms with Gasteiger partial charge in [0, 0.05) is 12.7 Å². The van der Waals surface area contributed by atoms with Gasteiger partial charge in [-0.2, -0.15) is 5.10 Å². The topological polar surface area (TPSA) is 43.8 Å². The Balaban J connectivity index is 2.09. The Morgan fingerprint density at radius 2 is 2.43 bits per heavy atom. The predicted molar refractivity (Wildman–Crippen MR) is 56.8 cm³/mol. The van der Waals surface area contributed by atoms with Gasteiger partial charge in [0.2, 0.25) is 0 Å². The van der Waals surface area contributed by atoms with Crippen molar-refractivity contribution >= 4 is 0 Å². The molecule has 0 unspecified atom stereocenters. The Morgan fingerprint density at radius 1 is 1.57 bits per heavy atom. The maximum Gasteiger partial charge on any atom is 0.0789 e. The molecular weight excluding hydrogens is 174 g/mol. The van der Waals surface area contributed by atoms with Gasteiger partial charge in [-0.05, 0) is 31.7 Å². The summed E-state index contributed by atoms with van der Waals surface area (Å²) in [6.07, 6.45) is 8.19. The number of aryl methyl sites for hydroxylation is 1. The summed E-state index contributed by atoms with van der Waals surface area (Å²) in [6.45, 7) is 3.55. The fourth-order valence-corrected chi connectivity index (χ4v) is 1.93. The van der Waals surface area contributed by atoms with Crippen molar-refractivity contribution in [3.8, 4) is 0 Å². The molecule has 0 atom stereocenters. The van der Waals surface area contributed by atoms with Gasteiger partial charge in [0.15, 0.2) is 0 Å². The van der Waals surface area contributed by atoms with Gasteiger partial charge in [0.25, 0.3) is 0 Å². The molecule has 1 aromatic rings. The quantitative estimate of drug-likeness (QED) is 0.740. The van der Waals surface area contributed by atoms with Gasteiger partial charge in [-0.15, -0.1) is 0 Å². The molecule has 3 heteroatoms. The van der Waals surface area contributed by atoms with Crippen LogP contribution in [0.4, 0.5) is 0 Å². The van der Waals surface area contributed by atoms with Crippen molar-refractivity contribution in [2.24, 2.45) is 5.73 Å². The lowest BCUT2D eigenvalue weighted by Crippen LogP contribution is -2.03. The molecule has 0 aromatic carbocycles. The first-order valence-electron chi connectivity index (χ1n) is 5.20. The Kier molecular flexibility index (Phi) is 2.68. The molecule has 0 aliphatic heterocycles. The SMILES string of the molecule is Cc1cn(CC2=CCCC2)nc1CN. The number of rotatable bonds is 3. The van der Waals surface area contributed by atoms with E-state index < -0.39 is 0 Å². The van der Waals surface area contributed by atoms with E-state index in [0.29, 0.717) is 6.54 Å². The molecular formula is C11H17N3. The Hall–Kier alpha value is -1.09. The molecule has 0 amide bonds. The molecule has 0 saturated heterocycles. The van der Waals surface area contributed by atoms with Gasteiger partial charge >= 0.3 is 0 Å². The van der Waals surface area contributed by atoms with Crippen LogP contribution in [-0.4, -0.2) is 9.78 Å². The minimum absolute atomic E-state index is 0.540. The summed E-state index contributed by atoms with van der Waals surface area (Å²) in [5.41, 5.74) is 9.31. The van der Waals surface area contributed by atoms with Crippen molar-refractivity contribution in [2.75, 3.05) is 0 Å². The smallest absolute Gasteiger partial charge is 0.0789 e. The monoisotopic (exact) mass is 191 g/mol. The molecule has 0 spiro atoms. The van der Waals surface area contributed by atoms with E-state index in [4.69, 9.17) is 5.73 Å². The van der Waals surface area contributed by atoms with Crippen LogP contribution >= 0.6 is 0 Å². The van der Waals surface area contributed by atoms with Crippen LogP contribution in [-0.2, 0) is 13.1 Å². The highest BCUT2D eigenvalue weighted by Gasteiger charge is 2.07. The molecule has 14 heavy (non-hydrogen) atoms. The second kappa shape index (κ2) is 3.96. The first-order chi connectivity index (χ1) is 6.79. The van der Waals surface area contributed by atoms with E-state index in [1.165, 1.54) is 30.4 Å². The molecule has 0 fully saturated rings. The second-order valence-corrected chi connectivity index (χ2v) is 3.92.